The molecule has 0 radical (unpaired) electrons. The molecular formula is C77H140O6. The molecule has 0 N–H and O–H groups in total. The number of rotatable bonds is 68. The van der Waals surface area contributed by atoms with Crippen LogP contribution in [0.25, 0.3) is 0 Å². The van der Waals surface area contributed by atoms with E-state index in [0.29, 0.717) is 19.3 Å². The van der Waals surface area contributed by atoms with Gasteiger partial charge >= 0.3 is 17.9 Å². The van der Waals surface area contributed by atoms with E-state index in [1.54, 1.807) is 0 Å². The summed E-state index contributed by atoms with van der Waals surface area (Å²) >= 11 is 0. The van der Waals surface area contributed by atoms with E-state index < -0.39 is 6.10 Å². The first-order chi connectivity index (χ1) is 41.0. The molecule has 484 valence electrons. The number of carbonyl (C=O) groups excluding carboxylic acids is 3. The highest BCUT2D eigenvalue weighted by atomic mass is 16.6. The van der Waals surface area contributed by atoms with Crippen molar-refractivity contribution in [3.05, 3.63) is 60.8 Å². The lowest BCUT2D eigenvalue weighted by Gasteiger charge is -2.18. The van der Waals surface area contributed by atoms with Crippen LogP contribution in [0.4, 0.5) is 0 Å². The maximum atomic E-state index is 13.0. The summed E-state index contributed by atoms with van der Waals surface area (Å²) in [7, 11) is 0. The number of ether oxygens (including phenoxy) is 3. The standard InChI is InChI=1S/C77H140O6/c1-4-7-10-13-16-19-22-25-28-30-32-34-36-38-40-42-44-46-49-52-55-58-61-64-67-70-76(79)82-73-74(72-81-75(78)69-66-63-60-57-54-51-48-27-24-21-18-15-12-9-6-3)83-77(80)71-68-65-62-59-56-53-50-47-45-43-41-39-37-35-33-31-29-26-23-20-17-14-11-8-5-2/h7,10,16,19,25,28,32,34,38,40,74H,4-6,8-9,11-15,17-18,20-24,26-27,29-31,33,35-37,39,41-73H2,1-3H3/b10-7-,19-16-,28-25-,34-32-,40-38-. The third-order valence-corrected chi connectivity index (χ3v) is 16.5. The molecule has 0 fully saturated rings. The van der Waals surface area contributed by atoms with Crippen molar-refractivity contribution in [1.29, 1.82) is 0 Å². The maximum absolute atomic E-state index is 13.0. The topological polar surface area (TPSA) is 78.9 Å². The fraction of sp³-hybridized carbons (Fsp3) is 0.831. The van der Waals surface area contributed by atoms with Gasteiger partial charge in [0.15, 0.2) is 6.10 Å². The van der Waals surface area contributed by atoms with Crippen LogP contribution in [0.3, 0.4) is 0 Å². The monoisotopic (exact) mass is 1160 g/mol. The van der Waals surface area contributed by atoms with Gasteiger partial charge in [0.2, 0.25) is 0 Å². The molecule has 1 unspecified atom stereocenters. The first-order valence-corrected chi connectivity index (χ1v) is 36.8. The molecule has 0 saturated heterocycles. The van der Waals surface area contributed by atoms with Crippen molar-refractivity contribution in [2.24, 2.45) is 0 Å². The van der Waals surface area contributed by atoms with Gasteiger partial charge < -0.3 is 14.2 Å². The van der Waals surface area contributed by atoms with E-state index >= 15 is 0 Å². The Hall–Kier alpha value is -2.89. The van der Waals surface area contributed by atoms with Crippen LogP contribution in [0.2, 0.25) is 0 Å². The predicted octanol–water partition coefficient (Wildman–Crippen LogP) is 25.5. The first kappa shape index (κ1) is 80.1. The van der Waals surface area contributed by atoms with E-state index in [4.69, 9.17) is 14.2 Å². The Morgan fingerprint density at radius 3 is 0.735 bits per heavy atom. The Labute approximate surface area is 517 Å². The van der Waals surface area contributed by atoms with Crippen LogP contribution in [0.15, 0.2) is 60.8 Å². The van der Waals surface area contributed by atoms with Gasteiger partial charge in [-0.25, -0.2) is 0 Å². The minimum atomic E-state index is -0.775. The van der Waals surface area contributed by atoms with Crippen molar-refractivity contribution in [2.45, 2.75) is 399 Å². The summed E-state index contributed by atoms with van der Waals surface area (Å²) in [5, 5.41) is 0. The summed E-state index contributed by atoms with van der Waals surface area (Å²) in [4.78, 5) is 38.5. The Morgan fingerprint density at radius 2 is 0.470 bits per heavy atom. The minimum Gasteiger partial charge on any atom is -0.462 e. The molecule has 0 aliphatic rings. The van der Waals surface area contributed by atoms with Gasteiger partial charge in [0, 0.05) is 19.3 Å². The summed E-state index contributed by atoms with van der Waals surface area (Å²) in [6.45, 7) is 6.60. The zero-order valence-corrected chi connectivity index (χ0v) is 55.7. The van der Waals surface area contributed by atoms with Crippen LogP contribution in [-0.2, 0) is 28.6 Å². The summed E-state index contributed by atoms with van der Waals surface area (Å²) in [5.41, 5.74) is 0. The van der Waals surface area contributed by atoms with Crippen molar-refractivity contribution in [2.75, 3.05) is 13.2 Å². The largest absolute Gasteiger partial charge is 0.462 e. The fourth-order valence-corrected chi connectivity index (χ4v) is 11.1. The van der Waals surface area contributed by atoms with Crippen molar-refractivity contribution < 1.29 is 28.6 Å². The van der Waals surface area contributed by atoms with Crippen LogP contribution in [0.1, 0.15) is 393 Å². The second-order valence-electron chi connectivity index (χ2n) is 24.8. The van der Waals surface area contributed by atoms with Crippen LogP contribution in [0.5, 0.6) is 0 Å². The number of hydrogen-bond donors (Lipinski definition) is 0. The van der Waals surface area contributed by atoms with Gasteiger partial charge in [0.25, 0.3) is 0 Å². The average Bonchev–Trinajstić information content (AvgIpc) is 3.49. The van der Waals surface area contributed by atoms with Gasteiger partial charge in [-0.2, -0.15) is 0 Å². The summed E-state index contributed by atoms with van der Waals surface area (Å²) in [6, 6.07) is 0. The molecule has 6 nitrogen and oxygen atoms in total. The number of hydrogen-bond acceptors (Lipinski definition) is 6. The third-order valence-electron chi connectivity index (χ3n) is 16.5. The quantitative estimate of drug-likeness (QED) is 0.0261. The third kappa shape index (κ3) is 69.8. The Kier molecular flexibility index (Phi) is 69.1. The Morgan fingerprint density at radius 1 is 0.253 bits per heavy atom. The van der Waals surface area contributed by atoms with Gasteiger partial charge in [-0.05, 0) is 64.2 Å². The van der Waals surface area contributed by atoms with Crippen LogP contribution in [-0.4, -0.2) is 37.2 Å². The highest BCUT2D eigenvalue weighted by Crippen LogP contribution is 2.19. The lowest BCUT2D eigenvalue weighted by Crippen LogP contribution is -2.30. The molecule has 1 atom stereocenters. The molecule has 0 saturated carbocycles. The smallest absolute Gasteiger partial charge is 0.306 e. The second kappa shape index (κ2) is 71.6. The van der Waals surface area contributed by atoms with Gasteiger partial charge in [-0.1, -0.05) is 370 Å². The molecule has 0 aromatic carbocycles. The number of allylic oxidation sites excluding steroid dienone is 10. The number of unbranched alkanes of at least 4 members (excludes halogenated alkanes) is 47. The summed E-state index contributed by atoms with van der Waals surface area (Å²) < 4.78 is 17.0. The average molecular weight is 1160 g/mol. The highest BCUT2D eigenvalue weighted by molar-refractivity contribution is 5.71. The number of esters is 3. The van der Waals surface area contributed by atoms with Crippen molar-refractivity contribution in [3.8, 4) is 0 Å². The molecule has 0 amide bonds. The van der Waals surface area contributed by atoms with Gasteiger partial charge in [-0.15, -0.1) is 0 Å². The molecular weight excluding hydrogens is 1020 g/mol. The molecule has 6 heteroatoms. The Balaban J connectivity index is 4.28. The lowest BCUT2D eigenvalue weighted by molar-refractivity contribution is -0.167. The second-order valence-corrected chi connectivity index (χ2v) is 24.8. The molecule has 0 bridgehead atoms. The van der Waals surface area contributed by atoms with E-state index in [-0.39, 0.29) is 31.1 Å². The first-order valence-electron chi connectivity index (χ1n) is 36.8. The molecule has 0 rings (SSSR count). The SMILES string of the molecule is CC/C=C\C/C=C\C/C=C\C/C=C\C/C=C\CCCCCCCCCCCC(=O)OCC(COC(=O)CCCCCCCCCCCCCCCCC)OC(=O)CCCCCCCCCCCCCCCCCCCCCCCCCCC. The lowest BCUT2D eigenvalue weighted by atomic mass is 10.0. The van der Waals surface area contributed by atoms with E-state index in [0.717, 1.165) is 96.3 Å². The van der Waals surface area contributed by atoms with E-state index in [1.165, 1.54) is 257 Å². The molecule has 0 spiro atoms. The van der Waals surface area contributed by atoms with Crippen molar-refractivity contribution in [3.63, 3.8) is 0 Å². The maximum Gasteiger partial charge on any atom is 0.306 e. The molecule has 0 aliphatic carbocycles. The molecule has 83 heavy (non-hydrogen) atoms. The van der Waals surface area contributed by atoms with Crippen molar-refractivity contribution in [1.82, 2.24) is 0 Å². The van der Waals surface area contributed by atoms with Crippen LogP contribution in [0, 0.1) is 0 Å². The van der Waals surface area contributed by atoms with Crippen LogP contribution < -0.4 is 0 Å². The highest BCUT2D eigenvalue weighted by Gasteiger charge is 2.19. The van der Waals surface area contributed by atoms with Gasteiger partial charge in [0.1, 0.15) is 13.2 Å². The molecule has 0 aromatic rings. The summed E-state index contributed by atoms with van der Waals surface area (Å²) in [6.07, 6.45) is 92.5. The zero-order chi connectivity index (χ0) is 59.9. The summed E-state index contributed by atoms with van der Waals surface area (Å²) in [5.74, 6) is -0.847. The minimum absolute atomic E-state index is 0.0700. The van der Waals surface area contributed by atoms with Gasteiger partial charge in [0.05, 0.1) is 0 Å². The van der Waals surface area contributed by atoms with Crippen molar-refractivity contribution >= 4 is 17.9 Å². The van der Waals surface area contributed by atoms with E-state index in [1.807, 2.05) is 0 Å². The normalized spacial score (nSPS) is 12.4. The molecule has 0 aliphatic heterocycles. The zero-order valence-electron chi connectivity index (χ0n) is 55.7. The van der Waals surface area contributed by atoms with Crippen LogP contribution >= 0.6 is 0 Å². The number of carbonyl (C=O) groups is 3. The predicted molar refractivity (Wildman–Crippen MR) is 362 cm³/mol. The molecule has 0 aromatic heterocycles. The molecule has 0 heterocycles. The Bertz CT molecular complexity index is 1470. The fourth-order valence-electron chi connectivity index (χ4n) is 11.1. The van der Waals surface area contributed by atoms with E-state index in [2.05, 4.69) is 81.5 Å². The van der Waals surface area contributed by atoms with Gasteiger partial charge in [-0.3, -0.25) is 14.4 Å². The van der Waals surface area contributed by atoms with E-state index in [9.17, 15) is 14.4 Å².